The maximum Gasteiger partial charge on any atom is 0.0836 e. The van der Waals surface area contributed by atoms with Gasteiger partial charge in [-0.25, -0.2) is 0 Å². The predicted octanol–water partition coefficient (Wildman–Crippen LogP) is 14.1. The summed E-state index contributed by atoms with van der Waals surface area (Å²) in [6.45, 7) is 7.64. The topological polar surface area (TPSA) is 9.23 Å². The van der Waals surface area contributed by atoms with Gasteiger partial charge in [0.15, 0.2) is 0 Å². The Bertz CT molecular complexity index is 343. The van der Waals surface area contributed by atoms with E-state index in [2.05, 4.69) is 20.5 Å². The summed E-state index contributed by atoms with van der Waals surface area (Å²) >= 11 is 0. The summed E-state index contributed by atoms with van der Waals surface area (Å²) < 4.78 is 5.75. The molecule has 229 valence electrons. The predicted molar refractivity (Wildman–Crippen MR) is 174 cm³/mol. The normalized spacial score (nSPS) is 11.5. The second-order valence-corrected chi connectivity index (χ2v) is 12.4. The monoisotopic (exact) mass is 536 g/mol. The minimum absolute atomic E-state index is 0.941. The fourth-order valence-corrected chi connectivity index (χ4v) is 5.68. The van der Waals surface area contributed by atoms with Crippen molar-refractivity contribution in [3.05, 3.63) is 6.61 Å². The molecule has 0 rings (SSSR count). The summed E-state index contributed by atoms with van der Waals surface area (Å²) in [7, 11) is 0. The van der Waals surface area contributed by atoms with Gasteiger partial charge < -0.3 is 4.74 Å². The van der Waals surface area contributed by atoms with Crippen LogP contribution in [0.2, 0.25) is 0 Å². The van der Waals surface area contributed by atoms with E-state index in [1.165, 1.54) is 205 Å². The van der Waals surface area contributed by atoms with E-state index in [1.807, 2.05) is 0 Å². The first-order valence-electron chi connectivity index (χ1n) is 18.3. The van der Waals surface area contributed by atoms with E-state index in [0.29, 0.717) is 0 Å². The molecule has 0 saturated heterocycles. The van der Waals surface area contributed by atoms with Crippen LogP contribution in [0.3, 0.4) is 0 Å². The zero-order valence-electron chi connectivity index (χ0n) is 27.0. The van der Waals surface area contributed by atoms with Gasteiger partial charge in [0.25, 0.3) is 0 Å². The lowest BCUT2D eigenvalue weighted by Crippen LogP contribution is -1.92. The van der Waals surface area contributed by atoms with Crippen molar-refractivity contribution < 1.29 is 4.74 Å². The van der Waals surface area contributed by atoms with Gasteiger partial charge in [0.2, 0.25) is 0 Å². The molecule has 0 atom stereocenters. The highest BCUT2D eigenvalue weighted by Crippen LogP contribution is 2.16. The quantitative estimate of drug-likeness (QED) is 0.0733. The van der Waals surface area contributed by atoms with E-state index in [0.717, 1.165) is 13.0 Å². The van der Waals surface area contributed by atoms with E-state index < -0.39 is 0 Å². The molecule has 0 aliphatic carbocycles. The summed E-state index contributed by atoms with van der Waals surface area (Å²) in [5, 5.41) is 0. The minimum Gasteiger partial charge on any atom is -0.376 e. The van der Waals surface area contributed by atoms with Gasteiger partial charge in [-0.15, -0.1) is 0 Å². The first-order chi connectivity index (χ1) is 18.9. The zero-order valence-corrected chi connectivity index (χ0v) is 27.0. The SMILES string of the molecule is CCCCCCCCCCCCCCCCCCCCC[CH]OCCCCCCCCCCCCCCC. The van der Waals surface area contributed by atoms with Gasteiger partial charge in [0, 0.05) is 6.61 Å². The van der Waals surface area contributed by atoms with Crippen molar-refractivity contribution in [2.75, 3.05) is 6.61 Å². The lowest BCUT2D eigenvalue weighted by Gasteiger charge is -2.05. The first kappa shape index (κ1) is 38.0. The summed E-state index contributed by atoms with van der Waals surface area (Å²) in [6.07, 6.45) is 47.1. The molecule has 1 radical (unpaired) electrons. The summed E-state index contributed by atoms with van der Waals surface area (Å²) in [5.74, 6) is 0. The minimum atomic E-state index is 0.941. The third kappa shape index (κ3) is 36.0. The molecule has 0 aliphatic heterocycles. The van der Waals surface area contributed by atoms with E-state index >= 15 is 0 Å². The highest BCUT2D eigenvalue weighted by Gasteiger charge is 1.97. The Morgan fingerprint density at radius 2 is 0.526 bits per heavy atom. The van der Waals surface area contributed by atoms with Crippen LogP contribution >= 0.6 is 0 Å². The van der Waals surface area contributed by atoms with Crippen molar-refractivity contribution in [3.63, 3.8) is 0 Å². The maximum absolute atomic E-state index is 5.75. The third-order valence-corrected chi connectivity index (χ3v) is 8.41. The Morgan fingerprint density at radius 3 is 0.816 bits per heavy atom. The summed E-state index contributed by atoms with van der Waals surface area (Å²) in [5.41, 5.74) is 0. The van der Waals surface area contributed by atoms with Crippen molar-refractivity contribution in [2.24, 2.45) is 0 Å². The van der Waals surface area contributed by atoms with Crippen molar-refractivity contribution >= 4 is 0 Å². The number of rotatable bonds is 35. The van der Waals surface area contributed by atoms with E-state index in [1.54, 1.807) is 0 Å². The van der Waals surface area contributed by atoms with E-state index in [4.69, 9.17) is 4.74 Å². The smallest absolute Gasteiger partial charge is 0.0836 e. The lowest BCUT2D eigenvalue weighted by atomic mass is 10.0. The summed E-state index contributed by atoms with van der Waals surface area (Å²) in [4.78, 5) is 0. The second kappa shape index (κ2) is 37.0. The second-order valence-electron chi connectivity index (χ2n) is 12.4. The average molecular weight is 536 g/mol. The molecular weight excluding hydrogens is 460 g/mol. The molecule has 0 aliphatic rings. The number of unbranched alkanes of at least 4 members (excludes halogenated alkanes) is 31. The molecule has 0 fully saturated rings. The number of ether oxygens (including phenoxy) is 1. The standard InChI is InChI=1S/C37H75O/c1-3-5-7-9-11-13-15-17-18-19-20-21-22-23-25-27-29-31-33-35-37-38-36-34-32-30-28-26-24-16-14-12-10-8-6-4-2/h37H,3-36H2,1-2H3. The van der Waals surface area contributed by atoms with Gasteiger partial charge in [-0.05, 0) is 12.8 Å². The van der Waals surface area contributed by atoms with E-state index in [9.17, 15) is 0 Å². The Kier molecular flexibility index (Phi) is 36.9. The molecular formula is C37H75O. The van der Waals surface area contributed by atoms with Crippen molar-refractivity contribution in [1.82, 2.24) is 0 Å². The third-order valence-electron chi connectivity index (χ3n) is 8.41. The molecule has 0 N–H and O–H groups in total. The summed E-state index contributed by atoms with van der Waals surface area (Å²) in [6, 6.07) is 0. The highest BCUT2D eigenvalue weighted by atomic mass is 16.5. The van der Waals surface area contributed by atoms with Crippen LogP contribution in [0.25, 0.3) is 0 Å². The molecule has 0 spiro atoms. The first-order valence-corrected chi connectivity index (χ1v) is 18.3. The van der Waals surface area contributed by atoms with E-state index in [-0.39, 0.29) is 0 Å². The van der Waals surface area contributed by atoms with Crippen LogP contribution in [-0.4, -0.2) is 6.61 Å². The molecule has 0 saturated carbocycles. The Hall–Kier alpha value is -0.0400. The van der Waals surface area contributed by atoms with Crippen LogP contribution in [-0.2, 0) is 4.74 Å². The van der Waals surface area contributed by atoms with Crippen LogP contribution in [0.15, 0.2) is 0 Å². The van der Waals surface area contributed by atoms with Gasteiger partial charge >= 0.3 is 0 Å². The van der Waals surface area contributed by atoms with Crippen LogP contribution in [0.5, 0.6) is 0 Å². The van der Waals surface area contributed by atoms with Gasteiger partial charge in [0.05, 0.1) is 6.61 Å². The number of hydrogen-bond donors (Lipinski definition) is 0. The fourth-order valence-electron chi connectivity index (χ4n) is 5.68. The van der Waals surface area contributed by atoms with Gasteiger partial charge in [-0.2, -0.15) is 0 Å². The Labute approximate surface area is 243 Å². The van der Waals surface area contributed by atoms with Crippen LogP contribution in [0.4, 0.5) is 0 Å². The largest absolute Gasteiger partial charge is 0.376 e. The average Bonchev–Trinajstić information content (AvgIpc) is 2.93. The molecule has 0 aromatic carbocycles. The van der Waals surface area contributed by atoms with Crippen molar-refractivity contribution in [1.29, 1.82) is 0 Å². The lowest BCUT2D eigenvalue weighted by molar-refractivity contribution is 0.183. The maximum atomic E-state index is 5.75. The molecule has 0 aromatic rings. The highest BCUT2D eigenvalue weighted by molar-refractivity contribution is 4.55. The van der Waals surface area contributed by atoms with Crippen LogP contribution in [0, 0.1) is 6.61 Å². The Balaban J connectivity index is 3.01. The molecule has 38 heavy (non-hydrogen) atoms. The fraction of sp³-hybridized carbons (Fsp3) is 0.973. The molecule has 1 heteroatoms. The molecule has 0 unspecified atom stereocenters. The van der Waals surface area contributed by atoms with Crippen molar-refractivity contribution in [2.45, 2.75) is 226 Å². The van der Waals surface area contributed by atoms with Gasteiger partial charge in [-0.3, -0.25) is 0 Å². The molecule has 1 nitrogen and oxygen atoms in total. The van der Waals surface area contributed by atoms with Crippen LogP contribution < -0.4 is 0 Å². The van der Waals surface area contributed by atoms with Crippen LogP contribution in [0.1, 0.15) is 226 Å². The number of hydrogen-bond acceptors (Lipinski definition) is 1. The molecule has 0 amide bonds. The Morgan fingerprint density at radius 1 is 0.289 bits per heavy atom. The molecule has 0 aromatic heterocycles. The molecule has 0 heterocycles. The van der Waals surface area contributed by atoms with Gasteiger partial charge in [0.1, 0.15) is 0 Å². The zero-order chi connectivity index (χ0) is 27.5. The molecule has 0 bridgehead atoms. The van der Waals surface area contributed by atoms with Gasteiger partial charge in [-0.1, -0.05) is 213 Å². The van der Waals surface area contributed by atoms with Crippen molar-refractivity contribution in [3.8, 4) is 0 Å².